The number of amides is 1. The van der Waals surface area contributed by atoms with Crippen molar-refractivity contribution in [2.75, 3.05) is 12.4 Å². The molecule has 0 fully saturated rings. The van der Waals surface area contributed by atoms with Crippen LogP contribution in [0.3, 0.4) is 0 Å². The SMILES string of the molecule is COc1ccccc1NC(=O)C(C)OC(=O)c1ccccc1F. The van der Waals surface area contributed by atoms with Crippen LogP contribution in [0.5, 0.6) is 5.75 Å². The van der Waals surface area contributed by atoms with Crippen LogP contribution in [0, 0.1) is 5.82 Å². The van der Waals surface area contributed by atoms with Crippen LogP contribution in [-0.2, 0) is 9.53 Å². The maximum absolute atomic E-state index is 13.5. The van der Waals surface area contributed by atoms with E-state index in [9.17, 15) is 14.0 Å². The van der Waals surface area contributed by atoms with Gasteiger partial charge in [0.1, 0.15) is 11.6 Å². The van der Waals surface area contributed by atoms with Gasteiger partial charge in [-0.05, 0) is 31.2 Å². The molecule has 5 nitrogen and oxygen atoms in total. The fraction of sp³-hybridized carbons (Fsp3) is 0.176. The van der Waals surface area contributed by atoms with Crippen molar-refractivity contribution >= 4 is 17.6 Å². The molecule has 2 rings (SSSR count). The van der Waals surface area contributed by atoms with Gasteiger partial charge in [-0.15, -0.1) is 0 Å². The minimum atomic E-state index is -1.09. The van der Waals surface area contributed by atoms with Crippen LogP contribution in [0.4, 0.5) is 10.1 Å². The zero-order valence-electron chi connectivity index (χ0n) is 12.7. The number of halogens is 1. The predicted octanol–water partition coefficient (Wildman–Crippen LogP) is 3.02. The Balaban J connectivity index is 2.03. The van der Waals surface area contributed by atoms with Crippen LogP contribution in [0.15, 0.2) is 48.5 Å². The number of carbonyl (C=O) groups excluding carboxylic acids is 2. The summed E-state index contributed by atoms with van der Waals surface area (Å²) in [7, 11) is 1.48. The van der Waals surface area contributed by atoms with E-state index in [4.69, 9.17) is 9.47 Å². The number of esters is 1. The molecule has 0 aliphatic carbocycles. The van der Waals surface area contributed by atoms with Gasteiger partial charge in [0, 0.05) is 0 Å². The molecule has 120 valence electrons. The summed E-state index contributed by atoms with van der Waals surface area (Å²) in [5.41, 5.74) is 0.234. The molecule has 1 N–H and O–H groups in total. The zero-order chi connectivity index (χ0) is 16.8. The van der Waals surface area contributed by atoms with Gasteiger partial charge in [-0.25, -0.2) is 9.18 Å². The fourth-order valence-electron chi connectivity index (χ4n) is 1.89. The molecule has 2 aromatic rings. The minimum absolute atomic E-state index is 0.218. The zero-order valence-corrected chi connectivity index (χ0v) is 12.7. The molecule has 0 spiro atoms. The second-order valence-electron chi connectivity index (χ2n) is 4.72. The van der Waals surface area contributed by atoms with Gasteiger partial charge in [-0.2, -0.15) is 0 Å². The molecule has 1 unspecified atom stereocenters. The third kappa shape index (κ3) is 4.06. The summed E-state index contributed by atoms with van der Waals surface area (Å²) in [6.45, 7) is 1.41. The lowest BCUT2D eigenvalue weighted by Crippen LogP contribution is -2.30. The molecule has 0 bridgehead atoms. The van der Waals surface area contributed by atoms with Crippen LogP contribution in [0.25, 0.3) is 0 Å². The van der Waals surface area contributed by atoms with Crippen LogP contribution in [-0.4, -0.2) is 25.1 Å². The van der Waals surface area contributed by atoms with Crippen LogP contribution in [0.2, 0.25) is 0 Å². The first kappa shape index (κ1) is 16.5. The highest BCUT2D eigenvalue weighted by Crippen LogP contribution is 2.23. The Bertz CT molecular complexity index is 717. The Morgan fingerprint density at radius 2 is 1.74 bits per heavy atom. The summed E-state index contributed by atoms with van der Waals surface area (Å²) in [5, 5.41) is 2.60. The van der Waals surface area contributed by atoms with E-state index in [1.54, 1.807) is 24.3 Å². The Labute approximate surface area is 133 Å². The lowest BCUT2D eigenvalue weighted by atomic mass is 10.2. The second-order valence-corrected chi connectivity index (χ2v) is 4.72. The van der Waals surface area contributed by atoms with E-state index < -0.39 is 23.8 Å². The smallest absolute Gasteiger partial charge is 0.341 e. The summed E-state index contributed by atoms with van der Waals surface area (Å²) in [6, 6.07) is 12.2. The molecule has 6 heteroatoms. The average Bonchev–Trinajstić information content (AvgIpc) is 2.55. The van der Waals surface area contributed by atoms with Crippen LogP contribution < -0.4 is 10.1 Å². The standard InChI is InChI=1S/C17H16FNO4/c1-11(23-17(21)12-7-3-4-8-13(12)18)16(20)19-14-9-5-6-10-15(14)22-2/h3-11H,1-2H3,(H,19,20). The van der Waals surface area contributed by atoms with Gasteiger partial charge in [0.2, 0.25) is 0 Å². The van der Waals surface area contributed by atoms with Crippen molar-refractivity contribution in [2.45, 2.75) is 13.0 Å². The van der Waals surface area contributed by atoms with Crippen LogP contribution in [0.1, 0.15) is 17.3 Å². The topological polar surface area (TPSA) is 64.6 Å². The first-order valence-electron chi connectivity index (χ1n) is 6.92. The van der Waals surface area contributed by atoms with Crippen molar-refractivity contribution in [3.8, 4) is 5.75 Å². The molecule has 1 atom stereocenters. The highest BCUT2D eigenvalue weighted by Gasteiger charge is 2.21. The lowest BCUT2D eigenvalue weighted by molar-refractivity contribution is -0.123. The van der Waals surface area contributed by atoms with Crippen molar-refractivity contribution in [1.82, 2.24) is 0 Å². The van der Waals surface area contributed by atoms with Gasteiger partial charge in [0.05, 0.1) is 18.4 Å². The number of para-hydroxylation sites is 2. The number of anilines is 1. The molecule has 0 aliphatic heterocycles. The number of carbonyl (C=O) groups is 2. The third-order valence-electron chi connectivity index (χ3n) is 3.11. The molecule has 0 saturated carbocycles. The summed E-state index contributed by atoms with van der Waals surface area (Å²) in [6.07, 6.45) is -1.09. The number of nitrogens with one attached hydrogen (secondary N) is 1. The number of rotatable bonds is 5. The predicted molar refractivity (Wildman–Crippen MR) is 82.9 cm³/mol. The lowest BCUT2D eigenvalue weighted by Gasteiger charge is -2.15. The molecule has 0 radical (unpaired) electrons. The molecular formula is C17H16FNO4. The van der Waals surface area contributed by atoms with Gasteiger partial charge in [-0.3, -0.25) is 4.79 Å². The third-order valence-corrected chi connectivity index (χ3v) is 3.11. The molecule has 0 aromatic heterocycles. The summed E-state index contributed by atoms with van der Waals surface area (Å²) >= 11 is 0. The van der Waals surface area contributed by atoms with Gasteiger partial charge in [-0.1, -0.05) is 24.3 Å². The average molecular weight is 317 g/mol. The van der Waals surface area contributed by atoms with E-state index in [-0.39, 0.29) is 5.56 Å². The van der Waals surface area contributed by atoms with Gasteiger partial charge in [0.15, 0.2) is 6.10 Å². The first-order chi connectivity index (χ1) is 11.0. The molecular weight excluding hydrogens is 301 g/mol. The van der Waals surface area contributed by atoms with E-state index in [2.05, 4.69) is 5.32 Å². The summed E-state index contributed by atoms with van der Waals surface area (Å²) in [4.78, 5) is 24.0. The van der Waals surface area contributed by atoms with Crippen LogP contribution >= 0.6 is 0 Å². The van der Waals surface area contributed by atoms with Crippen molar-refractivity contribution in [1.29, 1.82) is 0 Å². The molecule has 23 heavy (non-hydrogen) atoms. The first-order valence-corrected chi connectivity index (χ1v) is 6.92. The number of benzene rings is 2. The largest absolute Gasteiger partial charge is 0.495 e. The van der Waals surface area contributed by atoms with Crippen molar-refractivity contribution in [3.05, 3.63) is 59.9 Å². The maximum Gasteiger partial charge on any atom is 0.341 e. The minimum Gasteiger partial charge on any atom is -0.495 e. The molecule has 0 aliphatic rings. The summed E-state index contributed by atoms with van der Waals surface area (Å²) in [5.74, 6) is -1.66. The molecule has 0 heterocycles. The van der Waals surface area contributed by atoms with Gasteiger partial charge < -0.3 is 14.8 Å². The monoisotopic (exact) mass is 317 g/mol. The van der Waals surface area contributed by atoms with Crippen molar-refractivity contribution in [2.24, 2.45) is 0 Å². The molecule has 0 saturated heterocycles. The summed E-state index contributed by atoms with van der Waals surface area (Å²) < 4.78 is 23.6. The quantitative estimate of drug-likeness (QED) is 0.861. The molecule has 2 aromatic carbocycles. The molecule has 1 amide bonds. The van der Waals surface area contributed by atoms with E-state index in [0.717, 1.165) is 6.07 Å². The number of methoxy groups -OCH3 is 1. The van der Waals surface area contributed by atoms with E-state index in [1.807, 2.05) is 0 Å². The highest BCUT2D eigenvalue weighted by atomic mass is 19.1. The highest BCUT2D eigenvalue weighted by molar-refractivity contribution is 5.98. The fourth-order valence-corrected chi connectivity index (χ4v) is 1.89. The normalized spacial score (nSPS) is 11.4. The maximum atomic E-state index is 13.5. The number of hydrogen-bond donors (Lipinski definition) is 1. The Hall–Kier alpha value is -2.89. The number of hydrogen-bond acceptors (Lipinski definition) is 4. The second kappa shape index (κ2) is 7.40. The Kier molecular flexibility index (Phi) is 5.30. The van der Waals surface area contributed by atoms with Gasteiger partial charge in [0.25, 0.3) is 5.91 Å². The Morgan fingerprint density at radius 1 is 1.09 bits per heavy atom. The Morgan fingerprint density at radius 3 is 2.43 bits per heavy atom. The van der Waals surface area contributed by atoms with Gasteiger partial charge >= 0.3 is 5.97 Å². The van der Waals surface area contributed by atoms with E-state index in [0.29, 0.717) is 11.4 Å². The van der Waals surface area contributed by atoms with Crippen molar-refractivity contribution < 1.29 is 23.5 Å². The van der Waals surface area contributed by atoms with E-state index in [1.165, 1.54) is 32.2 Å². The van der Waals surface area contributed by atoms with Crippen molar-refractivity contribution in [3.63, 3.8) is 0 Å². The van der Waals surface area contributed by atoms with E-state index >= 15 is 0 Å². The number of ether oxygens (including phenoxy) is 2.